The van der Waals surface area contributed by atoms with E-state index in [2.05, 4.69) is 20.3 Å². The van der Waals surface area contributed by atoms with Crippen LogP contribution in [0.3, 0.4) is 0 Å². The number of rotatable bonds is 5. The molecule has 0 saturated carbocycles. The van der Waals surface area contributed by atoms with E-state index in [4.69, 9.17) is 11.6 Å². The molecule has 1 aromatic heterocycles. The van der Waals surface area contributed by atoms with E-state index in [9.17, 15) is 8.78 Å². The fourth-order valence-electron chi connectivity index (χ4n) is 1.75. The van der Waals surface area contributed by atoms with Gasteiger partial charge in [0.05, 0.1) is 0 Å². The van der Waals surface area contributed by atoms with Crippen LogP contribution in [0.2, 0.25) is 5.28 Å². The summed E-state index contributed by atoms with van der Waals surface area (Å²) in [4.78, 5) is 14.1. The molecule has 1 N–H and O–H groups in total. The molecule has 0 radical (unpaired) electrons. The standard InChI is InChI=1S/C13H14ClF2N5/c1-3-21(4-2)13-19-11(14)18-12(20-13)17-8-5-6-9(15)10(16)7-8/h5-7H,3-4H2,1-2H3,(H,17,18,19,20). The minimum atomic E-state index is -0.955. The molecule has 21 heavy (non-hydrogen) atoms. The van der Waals surface area contributed by atoms with E-state index in [1.165, 1.54) is 6.07 Å². The number of hydrogen-bond donors (Lipinski definition) is 1. The molecule has 8 heteroatoms. The molecule has 0 fully saturated rings. The normalized spacial score (nSPS) is 10.5. The van der Waals surface area contributed by atoms with Gasteiger partial charge in [-0.05, 0) is 37.6 Å². The summed E-state index contributed by atoms with van der Waals surface area (Å²) < 4.78 is 26.1. The van der Waals surface area contributed by atoms with Crippen LogP contribution in [-0.2, 0) is 0 Å². The van der Waals surface area contributed by atoms with E-state index in [0.29, 0.717) is 24.7 Å². The summed E-state index contributed by atoms with van der Waals surface area (Å²) in [6, 6.07) is 3.42. The third kappa shape index (κ3) is 3.75. The first kappa shape index (κ1) is 15.4. The molecular formula is C13H14ClF2N5. The molecule has 0 aliphatic rings. The van der Waals surface area contributed by atoms with Gasteiger partial charge in [0.1, 0.15) is 0 Å². The molecule has 112 valence electrons. The van der Waals surface area contributed by atoms with E-state index in [1.807, 2.05) is 18.7 Å². The fraction of sp³-hybridized carbons (Fsp3) is 0.308. The van der Waals surface area contributed by atoms with Crippen molar-refractivity contribution in [2.75, 3.05) is 23.3 Å². The minimum Gasteiger partial charge on any atom is -0.341 e. The molecule has 1 aromatic carbocycles. The van der Waals surface area contributed by atoms with Crippen molar-refractivity contribution in [3.63, 3.8) is 0 Å². The van der Waals surface area contributed by atoms with Crippen molar-refractivity contribution < 1.29 is 8.78 Å². The van der Waals surface area contributed by atoms with Crippen LogP contribution in [0.1, 0.15) is 13.8 Å². The Labute approximate surface area is 126 Å². The van der Waals surface area contributed by atoms with Gasteiger partial charge in [0.2, 0.25) is 17.2 Å². The lowest BCUT2D eigenvalue weighted by atomic mass is 10.3. The quantitative estimate of drug-likeness (QED) is 0.917. The Hall–Kier alpha value is -2.02. The molecule has 0 bridgehead atoms. The van der Waals surface area contributed by atoms with Crippen LogP contribution in [-0.4, -0.2) is 28.0 Å². The van der Waals surface area contributed by atoms with Crippen LogP contribution < -0.4 is 10.2 Å². The van der Waals surface area contributed by atoms with E-state index in [0.717, 1.165) is 12.1 Å². The van der Waals surface area contributed by atoms with Crippen LogP contribution in [0.4, 0.5) is 26.4 Å². The van der Waals surface area contributed by atoms with Gasteiger partial charge in [0.25, 0.3) is 0 Å². The highest BCUT2D eigenvalue weighted by atomic mass is 35.5. The highest BCUT2D eigenvalue weighted by Crippen LogP contribution is 2.19. The van der Waals surface area contributed by atoms with Crippen molar-refractivity contribution in [3.05, 3.63) is 35.1 Å². The largest absolute Gasteiger partial charge is 0.341 e. The molecule has 0 unspecified atom stereocenters. The number of anilines is 3. The van der Waals surface area contributed by atoms with Gasteiger partial charge in [-0.3, -0.25) is 0 Å². The Kier molecular flexibility index (Phi) is 4.85. The van der Waals surface area contributed by atoms with Crippen molar-refractivity contribution in [3.8, 4) is 0 Å². The SMILES string of the molecule is CCN(CC)c1nc(Cl)nc(Nc2ccc(F)c(F)c2)n1. The Morgan fingerprint density at radius 3 is 2.43 bits per heavy atom. The summed E-state index contributed by atoms with van der Waals surface area (Å²) in [5.74, 6) is -1.28. The van der Waals surface area contributed by atoms with Crippen LogP contribution in [0.25, 0.3) is 0 Å². The summed E-state index contributed by atoms with van der Waals surface area (Å²) in [6.07, 6.45) is 0. The highest BCUT2D eigenvalue weighted by molar-refractivity contribution is 6.28. The molecule has 0 aliphatic heterocycles. The number of hydrogen-bond acceptors (Lipinski definition) is 5. The van der Waals surface area contributed by atoms with E-state index in [-0.39, 0.29) is 11.2 Å². The lowest BCUT2D eigenvalue weighted by Gasteiger charge is -2.18. The number of benzene rings is 1. The van der Waals surface area contributed by atoms with Gasteiger partial charge < -0.3 is 10.2 Å². The fourth-order valence-corrected chi connectivity index (χ4v) is 1.90. The molecule has 0 atom stereocenters. The summed E-state index contributed by atoms with van der Waals surface area (Å²) in [5.41, 5.74) is 0.321. The second kappa shape index (κ2) is 6.62. The molecule has 0 saturated heterocycles. The van der Waals surface area contributed by atoms with E-state index < -0.39 is 11.6 Å². The van der Waals surface area contributed by atoms with Crippen molar-refractivity contribution >= 4 is 29.2 Å². The third-order valence-corrected chi connectivity index (χ3v) is 2.99. The average molecular weight is 314 g/mol. The van der Waals surface area contributed by atoms with E-state index in [1.54, 1.807) is 0 Å². The monoisotopic (exact) mass is 313 g/mol. The van der Waals surface area contributed by atoms with Gasteiger partial charge in [0, 0.05) is 24.8 Å². The molecule has 5 nitrogen and oxygen atoms in total. The lowest BCUT2D eigenvalue weighted by Crippen LogP contribution is -2.24. The zero-order valence-electron chi connectivity index (χ0n) is 11.6. The summed E-state index contributed by atoms with van der Waals surface area (Å²) in [7, 11) is 0. The first-order valence-corrected chi connectivity index (χ1v) is 6.79. The Balaban J connectivity index is 2.29. The highest BCUT2D eigenvalue weighted by Gasteiger charge is 2.11. The Bertz CT molecular complexity index is 634. The second-order valence-corrected chi connectivity index (χ2v) is 4.49. The van der Waals surface area contributed by atoms with Crippen molar-refractivity contribution in [1.82, 2.24) is 15.0 Å². The number of nitrogens with zero attached hydrogens (tertiary/aromatic N) is 4. The molecule has 1 heterocycles. The predicted octanol–water partition coefficient (Wildman–Crippen LogP) is 3.39. The maximum Gasteiger partial charge on any atom is 0.233 e. The molecule has 0 spiro atoms. The second-order valence-electron chi connectivity index (χ2n) is 4.15. The summed E-state index contributed by atoms with van der Waals surface area (Å²) in [5, 5.41) is 2.80. The van der Waals surface area contributed by atoms with Crippen molar-refractivity contribution in [2.24, 2.45) is 0 Å². The van der Waals surface area contributed by atoms with Gasteiger partial charge in [0.15, 0.2) is 11.6 Å². The average Bonchev–Trinajstić information content (AvgIpc) is 2.44. The van der Waals surface area contributed by atoms with Crippen molar-refractivity contribution in [1.29, 1.82) is 0 Å². The zero-order chi connectivity index (χ0) is 15.4. The van der Waals surface area contributed by atoms with Crippen molar-refractivity contribution in [2.45, 2.75) is 13.8 Å². The number of aromatic nitrogens is 3. The Morgan fingerprint density at radius 2 is 1.81 bits per heavy atom. The van der Waals surface area contributed by atoms with Crippen LogP contribution in [0, 0.1) is 11.6 Å². The minimum absolute atomic E-state index is 0.0250. The Morgan fingerprint density at radius 1 is 1.10 bits per heavy atom. The maximum atomic E-state index is 13.2. The van der Waals surface area contributed by atoms with Crippen LogP contribution >= 0.6 is 11.6 Å². The topological polar surface area (TPSA) is 53.9 Å². The molecule has 2 rings (SSSR count). The van der Waals surface area contributed by atoms with Gasteiger partial charge in [-0.25, -0.2) is 8.78 Å². The molecular weight excluding hydrogens is 300 g/mol. The molecule has 0 amide bonds. The molecule has 0 aliphatic carbocycles. The van der Waals surface area contributed by atoms with E-state index >= 15 is 0 Å². The van der Waals surface area contributed by atoms with Gasteiger partial charge >= 0.3 is 0 Å². The smallest absolute Gasteiger partial charge is 0.233 e. The summed E-state index contributed by atoms with van der Waals surface area (Å²) >= 11 is 5.87. The van der Waals surface area contributed by atoms with Crippen LogP contribution in [0.5, 0.6) is 0 Å². The number of nitrogens with one attached hydrogen (secondary N) is 1. The lowest BCUT2D eigenvalue weighted by molar-refractivity contribution is 0.509. The third-order valence-electron chi connectivity index (χ3n) is 2.82. The number of halogens is 3. The van der Waals surface area contributed by atoms with Gasteiger partial charge in [-0.1, -0.05) is 0 Å². The zero-order valence-corrected chi connectivity index (χ0v) is 12.3. The van der Waals surface area contributed by atoms with Crippen LogP contribution in [0.15, 0.2) is 18.2 Å². The molecule has 2 aromatic rings. The first-order valence-electron chi connectivity index (χ1n) is 6.42. The first-order chi connectivity index (χ1) is 10.0. The maximum absolute atomic E-state index is 13.2. The van der Waals surface area contributed by atoms with Gasteiger partial charge in [-0.15, -0.1) is 0 Å². The van der Waals surface area contributed by atoms with Gasteiger partial charge in [-0.2, -0.15) is 15.0 Å². The summed E-state index contributed by atoms with van der Waals surface area (Å²) in [6.45, 7) is 5.34. The predicted molar refractivity (Wildman–Crippen MR) is 78.0 cm³/mol.